The van der Waals surface area contributed by atoms with Gasteiger partial charge in [0.25, 0.3) is 0 Å². The van der Waals surface area contributed by atoms with Crippen molar-refractivity contribution in [2.45, 2.75) is 37.3 Å². The molecule has 10 nitrogen and oxygen atoms in total. The average Bonchev–Trinajstić information content (AvgIpc) is 3.07. The summed E-state index contributed by atoms with van der Waals surface area (Å²) in [7, 11) is 0. The van der Waals surface area contributed by atoms with Gasteiger partial charge in [0.2, 0.25) is 0 Å². The van der Waals surface area contributed by atoms with Crippen molar-refractivity contribution < 1.29 is 47.2 Å². The highest BCUT2D eigenvalue weighted by Gasteiger charge is 2.51. The number of fused-ring (bicyclic) bond motifs is 1. The van der Waals surface area contributed by atoms with E-state index in [1.165, 1.54) is 0 Å². The van der Waals surface area contributed by atoms with Gasteiger partial charge in [-0.2, -0.15) is 0 Å². The standard InChI is InChI=1S/C13H16O10S/c14-9(15)1-2-10(16)22-7-5-20-13-8(6-21-12(7)13)23-11(17)3-4-24(18)19/h3-4,7-8,12-13H,1-2,5-6H2,(H,14,15)(H,18,19). The van der Waals surface area contributed by atoms with Crippen LogP contribution in [-0.2, 0) is 44.4 Å². The molecule has 24 heavy (non-hydrogen) atoms. The molecule has 5 atom stereocenters. The Morgan fingerprint density at radius 1 is 1.08 bits per heavy atom. The van der Waals surface area contributed by atoms with Gasteiger partial charge in [-0.25, -0.2) is 9.00 Å². The van der Waals surface area contributed by atoms with Crippen molar-refractivity contribution in [1.82, 2.24) is 0 Å². The molecule has 0 amide bonds. The zero-order valence-corrected chi connectivity index (χ0v) is 13.2. The van der Waals surface area contributed by atoms with Crippen molar-refractivity contribution >= 4 is 29.0 Å². The molecule has 2 fully saturated rings. The van der Waals surface area contributed by atoms with E-state index in [0.29, 0.717) is 0 Å². The fourth-order valence-corrected chi connectivity index (χ4v) is 2.60. The number of carboxylic acid groups (broad SMARTS) is 1. The Morgan fingerprint density at radius 2 is 1.67 bits per heavy atom. The Balaban J connectivity index is 1.83. The van der Waals surface area contributed by atoms with E-state index >= 15 is 0 Å². The van der Waals surface area contributed by atoms with E-state index in [1.54, 1.807) is 0 Å². The predicted molar refractivity (Wildman–Crippen MR) is 76.0 cm³/mol. The minimum absolute atomic E-state index is 0.0281. The maximum absolute atomic E-state index is 11.6. The fourth-order valence-electron chi connectivity index (χ4n) is 2.37. The second kappa shape index (κ2) is 8.33. The van der Waals surface area contributed by atoms with Crippen molar-refractivity contribution in [3.8, 4) is 0 Å². The Kier molecular flexibility index (Phi) is 6.43. The quantitative estimate of drug-likeness (QED) is 0.335. The molecule has 2 aliphatic heterocycles. The second-order valence-corrected chi connectivity index (χ2v) is 5.90. The molecule has 0 bridgehead atoms. The smallest absolute Gasteiger partial charge is 0.331 e. The fraction of sp³-hybridized carbons (Fsp3) is 0.615. The van der Waals surface area contributed by atoms with Gasteiger partial charge in [0.1, 0.15) is 12.2 Å². The summed E-state index contributed by atoms with van der Waals surface area (Å²) in [6.45, 7) is 0.0684. The summed E-state index contributed by atoms with van der Waals surface area (Å²) in [6.07, 6.45) is -2.46. The van der Waals surface area contributed by atoms with Gasteiger partial charge in [-0.1, -0.05) is 0 Å². The number of carbonyl (C=O) groups is 3. The number of hydrogen-bond donors (Lipinski definition) is 2. The lowest BCUT2D eigenvalue weighted by atomic mass is 10.1. The predicted octanol–water partition coefficient (Wildman–Crippen LogP) is -0.792. The van der Waals surface area contributed by atoms with Crippen LogP contribution in [0.4, 0.5) is 0 Å². The number of rotatable bonds is 7. The van der Waals surface area contributed by atoms with Gasteiger partial charge in [-0.05, 0) is 0 Å². The van der Waals surface area contributed by atoms with Crippen LogP contribution in [0.1, 0.15) is 12.8 Å². The lowest BCUT2D eigenvalue weighted by Gasteiger charge is -2.16. The number of esters is 2. The van der Waals surface area contributed by atoms with Crippen molar-refractivity contribution in [2.75, 3.05) is 13.2 Å². The second-order valence-electron chi connectivity index (χ2n) is 5.07. The van der Waals surface area contributed by atoms with Crippen LogP contribution in [0.2, 0.25) is 0 Å². The third-order valence-electron chi connectivity index (χ3n) is 3.38. The minimum atomic E-state index is -2.26. The average molecular weight is 364 g/mol. The number of aliphatic carboxylic acids is 1. The molecule has 2 N–H and O–H groups in total. The van der Waals surface area contributed by atoms with Crippen molar-refractivity contribution in [3.05, 3.63) is 11.5 Å². The van der Waals surface area contributed by atoms with E-state index in [1.807, 2.05) is 0 Å². The molecule has 134 valence electrons. The summed E-state index contributed by atoms with van der Waals surface area (Å²) < 4.78 is 40.0. The van der Waals surface area contributed by atoms with Gasteiger partial charge < -0.3 is 28.6 Å². The van der Waals surface area contributed by atoms with Gasteiger partial charge in [0.05, 0.1) is 26.1 Å². The lowest BCUT2D eigenvalue weighted by Crippen LogP contribution is -2.35. The van der Waals surface area contributed by atoms with Gasteiger partial charge in [-0.3, -0.25) is 9.59 Å². The largest absolute Gasteiger partial charge is 0.481 e. The first-order valence-electron chi connectivity index (χ1n) is 6.99. The SMILES string of the molecule is O=C(O)CCC(=O)OC1COC2C(OC(=O)C=CS(=O)O)COC12. The first-order chi connectivity index (χ1) is 11.4. The molecule has 2 aliphatic rings. The molecule has 0 aromatic heterocycles. The maximum Gasteiger partial charge on any atom is 0.331 e. The summed E-state index contributed by atoms with van der Waals surface area (Å²) in [5, 5.41) is 9.29. The summed E-state index contributed by atoms with van der Waals surface area (Å²) in [6, 6.07) is 0. The number of hydrogen-bond acceptors (Lipinski definition) is 8. The topological polar surface area (TPSA) is 146 Å². The molecule has 0 aromatic carbocycles. The molecule has 0 saturated carbocycles. The number of ether oxygens (including phenoxy) is 4. The van der Waals surface area contributed by atoms with Crippen LogP contribution >= 0.6 is 0 Å². The Bertz CT molecular complexity index is 559. The van der Waals surface area contributed by atoms with Gasteiger partial charge >= 0.3 is 17.9 Å². The van der Waals surface area contributed by atoms with E-state index in [4.69, 9.17) is 28.6 Å². The molecular formula is C13H16O10S. The summed E-state index contributed by atoms with van der Waals surface area (Å²) >= 11 is -2.26. The molecule has 0 spiro atoms. The highest BCUT2D eigenvalue weighted by atomic mass is 32.2. The van der Waals surface area contributed by atoms with Crippen LogP contribution < -0.4 is 0 Å². The summed E-state index contributed by atoms with van der Waals surface area (Å²) in [5.74, 6) is -2.60. The molecule has 2 saturated heterocycles. The third kappa shape index (κ3) is 5.09. The van der Waals surface area contributed by atoms with Gasteiger partial charge in [0.15, 0.2) is 23.3 Å². The minimum Gasteiger partial charge on any atom is -0.481 e. The Labute approximate surface area is 139 Å². The zero-order chi connectivity index (χ0) is 17.7. The summed E-state index contributed by atoms with van der Waals surface area (Å²) in [4.78, 5) is 33.5. The molecule has 0 aliphatic carbocycles. The van der Waals surface area contributed by atoms with Gasteiger partial charge in [-0.15, -0.1) is 0 Å². The highest BCUT2D eigenvalue weighted by molar-refractivity contribution is 7.82. The van der Waals surface area contributed by atoms with E-state index in [9.17, 15) is 18.6 Å². The molecule has 2 rings (SSSR count). The molecule has 11 heteroatoms. The highest BCUT2D eigenvalue weighted by Crippen LogP contribution is 2.30. The van der Waals surface area contributed by atoms with Crippen LogP contribution in [-0.4, -0.2) is 69.4 Å². The van der Waals surface area contributed by atoms with Crippen molar-refractivity contribution in [1.29, 1.82) is 0 Å². The molecular weight excluding hydrogens is 348 g/mol. The van der Waals surface area contributed by atoms with E-state index in [-0.39, 0.29) is 26.1 Å². The maximum atomic E-state index is 11.6. The van der Waals surface area contributed by atoms with E-state index in [2.05, 4.69) is 0 Å². The monoisotopic (exact) mass is 364 g/mol. The van der Waals surface area contributed by atoms with Crippen LogP contribution in [0.25, 0.3) is 0 Å². The number of carbonyl (C=O) groups excluding carboxylic acids is 2. The van der Waals surface area contributed by atoms with E-state index < -0.39 is 53.4 Å². The molecule has 0 aromatic rings. The van der Waals surface area contributed by atoms with E-state index in [0.717, 1.165) is 11.5 Å². The summed E-state index contributed by atoms with van der Waals surface area (Å²) in [5.41, 5.74) is 0. The third-order valence-corrected chi connectivity index (χ3v) is 3.75. The van der Waals surface area contributed by atoms with Crippen LogP contribution in [0.5, 0.6) is 0 Å². The number of carboxylic acids is 1. The van der Waals surface area contributed by atoms with Crippen molar-refractivity contribution in [3.63, 3.8) is 0 Å². The Morgan fingerprint density at radius 3 is 2.21 bits per heavy atom. The molecule has 2 heterocycles. The van der Waals surface area contributed by atoms with Crippen LogP contribution in [0, 0.1) is 0 Å². The van der Waals surface area contributed by atoms with Crippen LogP contribution in [0.15, 0.2) is 11.5 Å². The lowest BCUT2D eigenvalue weighted by molar-refractivity contribution is -0.156. The molecule has 5 unspecified atom stereocenters. The van der Waals surface area contributed by atoms with Crippen LogP contribution in [0.3, 0.4) is 0 Å². The first kappa shape index (κ1) is 18.5. The first-order valence-corrected chi connectivity index (χ1v) is 8.16. The Hall–Kier alpha value is -1.82. The van der Waals surface area contributed by atoms with Crippen molar-refractivity contribution in [2.24, 2.45) is 0 Å². The normalized spacial score (nSPS) is 30.0. The molecule has 0 radical (unpaired) electrons. The zero-order valence-electron chi connectivity index (χ0n) is 12.4. The van der Waals surface area contributed by atoms with Gasteiger partial charge in [0, 0.05) is 11.5 Å².